The molecule has 180 valence electrons. The summed E-state index contributed by atoms with van der Waals surface area (Å²) >= 11 is 0. The van der Waals surface area contributed by atoms with Crippen LogP contribution >= 0.6 is 0 Å². The lowest BCUT2D eigenvalue weighted by Crippen LogP contribution is -2.44. The van der Waals surface area contributed by atoms with Crippen LogP contribution in [0.3, 0.4) is 0 Å². The van der Waals surface area contributed by atoms with Crippen LogP contribution in [0.4, 0.5) is 0 Å². The predicted octanol–water partition coefficient (Wildman–Crippen LogP) is 3.91. The number of hydrogen-bond acceptors (Lipinski definition) is 5. The number of hydrogen-bond donors (Lipinski definition) is 0. The van der Waals surface area contributed by atoms with Gasteiger partial charge in [0.2, 0.25) is 11.8 Å². The average molecular weight is 465 g/mol. The van der Waals surface area contributed by atoms with Crippen LogP contribution in [0.15, 0.2) is 64.0 Å². The summed E-state index contributed by atoms with van der Waals surface area (Å²) in [6, 6.07) is 15.0. The van der Waals surface area contributed by atoms with Crippen LogP contribution in [0.5, 0.6) is 0 Å². The van der Waals surface area contributed by atoms with Crippen molar-refractivity contribution in [2.75, 3.05) is 26.8 Å². The molecule has 0 fully saturated rings. The third-order valence-electron chi connectivity index (χ3n) is 5.66. The van der Waals surface area contributed by atoms with Gasteiger partial charge in [-0.3, -0.25) is 14.4 Å². The molecule has 7 heteroatoms. The topological polar surface area (TPSA) is 80.1 Å². The van der Waals surface area contributed by atoms with Gasteiger partial charge in [-0.05, 0) is 31.0 Å². The summed E-state index contributed by atoms with van der Waals surface area (Å²) in [5.41, 5.74) is 2.63. The van der Waals surface area contributed by atoms with Crippen LogP contribution in [-0.4, -0.2) is 48.4 Å². The summed E-state index contributed by atoms with van der Waals surface area (Å²) in [4.78, 5) is 42.2. The molecule has 3 aromatic rings. The first-order valence-electron chi connectivity index (χ1n) is 11.5. The van der Waals surface area contributed by atoms with Crippen molar-refractivity contribution in [2.24, 2.45) is 0 Å². The van der Waals surface area contributed by atoms with E-state index in [1.807, 2.05) is 50.2 Å². The fourth-order valence-electron chi connectivity index (χ4n) is 3.75. The summed E-state index contributed by atoms with van der Waals surface area (Å²) in [5.74, 6) is -0.474. The van der Waals surface area contributed by atoms with E-state index in [1.165, 1.54) is 18.3 Å². The molecule has 1 aromatic heterocycles. The zero-order chi connectivity index (χ0) is 24.5. The molecule has 0 bridgehead atoms. The molecular weight excluding hydrogens is 432 g/mol. The summed E-state index contributed by atoms with van der Waals surface area (Å²) in [5, 5.41) is 0.490. The molecule has 0 aliphatic heterocycles. The molecule has 0 saturated heterocycles. The van der Waals surface area contributed by atoms with Crippen molar-refractivity contribution in [1.29, 1.82) is 0 Å². The van der Waals surface area contributed by atoms with Crippen LogP contribution in [-0.2, 0) is 27.4 Å². The first kappa shape index (κ1) is 25.2. The first-order valence-corrected chi connectivity index (χ1v) is 11.5. The molecule has 0 unspecified atom stereocenters. The maximum absolute atomic E-state index is 13.4. The number of carbonyl (C=O) groups excluding carboxylic acids is 2. The van der Waals surface area contributed by atoms with E-state index >= 15 is 0 Å². The van der Waals surface area contributed by atoms with Crippen LogP contribution in [0.1, 0.15) is 36.5 Å². The number of methoxy groups -OCH3 is 1. The standard InChI is InChI=1S/C27H32N2O5/c1-4-5-13-28(26(31)19-33-3)17-25(30)29(15-21-9-7-6-8-10-21)16-22-18-34-24-12-11-20(2)14-23(24)27(22)32/h6-12,14,18H,4-5,13,15-17,19H2,1-3H3. The molecular formula is C27H32N2O5. The second kappa shape index (κ2) is 12.1. The summed E-state index contributed by atoms with van der Waals surface area (Å²) in [7, 11) is 1.46. The number of benzene rings is 2. The highest BCUT2D eigenvalue weighted by Gasteiger charge is 2.23. The van der Waals surface area contributed by atoms with Crippen molar-refractivity contribution in [3.8, 4) is 0 Å². The zero-order valence-electron chi connectivity index (χ0n) is 20.1. The smallest absolute Gasteiger partial charge is 0.249 e. The van der Waals surface area contributed by atoms with E-state index in [0.717, 1.165) is 24.0 Å². The molecule has 34 heavy (non-hydrogen) atoms. The lowest BCUT2D eigenvalue weighted by atomic mass is 10.1. The van der Waals surface area contributed by atoms with Gasteiger partial charge in [-0.25, -0.2) is 0 Å². The lowest BCUT2D eigenvalue weighted by Gasteiger charge is -2.27. The summed E-state index contributed by atoms with van der Waals surface area (Å²) in [6.45, 7) is 4.66. The fraction of sp³-hybridized carbons (Fsp3) is 0.370. The number of nitrogens with zero attached hydrogens (tertiary/aromatic N) is 2. The van der Waals surface area contributed by atoms with Gasteiger partial charge in [0.05, 0.1) is 30.3 Å². The van der Waals surface area contributed by atoms with E-state index in [1.54, 1.807) is 17.0 Å². The normalized spacial score (nSPS) is 10.9. The average Bonchev–Trinajstić information content (AvgIpc) is 2.83. The quantitative estimate of drug-likeness (QED) is 0.430. The third kappa shape index (κ3) is 6.54. The Labute approximate surface area is 199 Å². The first-order chi connectivity index (χ1) is 16.4. The third-order valence-corrected chi connectivity index (χ3v) is 5.66. The van der Waals surface area contributed by atoms with Crippen molar-refractivity contribution >= 4 is 22.8 Å². The van der Waals surface area contributed by atoms with E-state index in [2.05, 4.69) is 0 Å². The van der Waals surface area contributed by atoms with Gasteiger partial charge in [-0.15, -0.1) is 0 Å². The molecule has 1 heterocycles. The van der Waals surface area contributed by atoms with Gasteiger partial charge in [0.1, 0.15) is 12.2 Å². The molecule has 0 aliphatic rings. The highest BCUT2D eigenvalue weighted by atomic mass is 16.5. The number of aryl methyl sites for hydroxylation is 1. The van der Waals surface area contributed by atoms with Crippen molar-refractivity contribution in [1.82, 2.24) is 9.80 Å². The molecule has 0 radical (unpaired) electrons. The van der Waals surface area contributed by atoms with Crippen LogP contribution in [0.25, 0.3) is 11.0 Å². The van der Waals surface area contributed by atoms with Gasteiger partial charge in [0.25, 0.3) is 0 Å². The van der Waals surface area contributed by atoms with E-state index in [-0.39, 0.29) is 36.9 Å². The van der Waals surface area contributed by atoms with Crippen LogP contribution < -0.4 is 5.43 Å². The van der Waals surface area contributed by atoms with E-state index < -0.39 is 0 Å². The van der Waals surface area contributed by atoms with Crippen molar-refractivity contribution in [3.63, 3.8) is 0 Å². The van der Waals surface area contributed by atoms with Gasteiger partial charge in [-0.2, -0.15) is 0 Å². The van der Waals surface area contributed by atoms with Gasteiger partial charge in [-0.1, -0.05) is 55.3 Å². The van der Waals surface area contributed by atoms with Gasteiger partial charge in [0.15, 0.2) is 5.43 Å². The number of rotatable bonds is 11. The Kier molecular flexibility index (Phi) is 8.99. The Morgan fingerprint density at radius 2 is 1.76 bits per heavy atom. The number of amides is 2. The van der Waals surface area contributed by atoms with Gasteiger partial charge >= 0.3 is 0 Å². The SMILES string of the molecule is CCCCN(CC(=O)N(Cc1ccccc1)Cc1coc2ccc(C)cc2c1=O)C(=O)COC. The number of ether oxygens (including phenoxy) is 1. The maximum atomic E-state index is 13.4. The Morgan fingerprint density at radius 1 is 1.00 bits per heavy atom. The Hall–Kier alpha value is -3.45. The summed E-state index contributed by atoms with van der Waals surface area (Å²) < 4.78 is 10.7. The monoisotopic (exact) mass is 464 g/mol. The maximum Gasteiger partial charge on any atom is 0.249 e. The number of fused-ring (bicyclic) bond motifs is 1. The molecule has 2 amide bonds. The number of unbranched alkanes of at least 4 members (excludes halogenated alkanes) is 1. The molecule has 0 atom stereocenters. The molecule has 0 aliphatic carbocycles. The lowest BCUT2D eigenvalue weighted by molar-refractivity contribution is -0.143. The largest absolute Gasteiger partial charge is 0.464 e. The van der Waals surface area contributed by atoms with Gasteiger partial charge in [0, 0.05) is 20.2 Å². The molecule has 2 aromatic carbocycles. The molecule has 0 N–H and O–H groups in total. The van der Waals surface area contributed by atoms with Gasteiger partial charge < -0.3 is 19.0 Å². The molecule has 0 spiro atoms. The van der Waals surface area contributed by atoms with Crippen molar-refractivity contribution in [2.45, 2.75) is 39.8 Å². The second-order valence-corrected chi connectivity index (χ2v) is 8.43. The van der Waals surface area contributed by atoms with Crippen LogP contribution in [0, 0.1) is 6.92 Å². The molecule has 0 saturated carbocycles. The van der Waals surface area contributed by atoms with E-state index in [0.29, 0.717) is 29.6 Å². The molecule has 3 rings (SSSR count). The Bertz CT molecular complexity index is 1170. The number of carbonyl (C=O) groups is 2. The zero-order valence-corrected chi connectivity index (χ0v) is 20.1. The Balaban J connectivity index is 1.89. The minimum absolute atomic E-state index is 0.0763. The fourth-order valence-corrected chi connectivity index (χ4v) is 3.75. The van der Waals surface area contributed by atoms with E-state index in [9.17, 15) is 14.4 Å². The van der Waals surface area contributed by atoms with Crippen molar-refractivity contribution in [3.05, 3.63) is 81.7 Å². The highest BCUT2D eigenvalue weighted by Crippen LogP contribution is 2.16. The summed E-state index contributed by atoms with van der Waals surface area (Å²) in [6.07, 6.45) is 3.11. The minimum atomic E-state index is -0.242. The predicted molar refractivity (Wildman–Crippen MR) is 131 cm³/mol. The van der Waals surface area contributed by atoms with Crippen LogP contribution in [0.2, 0.25) is 0 Å². The van der Waals surface area contributed by atoms with Crippen molar-refractivity contribution < 1.29 is 18.7 Å². The van der Waals surface area contributed by atoms with E-state index in [4.69, 9.17) is 9.15 Å². The second-order valence-electron chi connectivity index (χ2n) is 8.43. The highest BCUT2D eigenvalue weighted by molar-refractivity contribution is 5.85. The Morgan fingerprint density at radius 3 is 2.47 bits per heavy atom. The molecule has 7 nitrogen and oxygen atoms in total. The minimum Gasteiger partial charge on any atom is -0.464 e.